The molecule has 0 radical (unpaired) electrons. The Morgan fingerprint density at radius 3 is 0.675 bits per heavy atom. The van der Waals surface area contributed by atoms with Crippen LogP contribution < -0.4 is 0 Å². The second kappa shape index (κ2) is 17.4. The third-order valence-corrected chi connectivity index (χ3v) is 6.37. The first-order chi connectivity index (χ1) is 18.4. The third kappa shape index (κ3) is 16.1. The minimum atomic E-state index is -3.23. The molecule has 0 saturated heterocycles. The molecule has 0 N–H and O–H groups in total. The van der Waals surface area contributed by atoms with Crippen molar-refractivity contribution in [2.75, 3.05) is 0 Å². The van der Waals surface area contributed by atoms with E-state index in [1.807, 2.05) is 36.4 Å². The molecular formula is C28H20Cl9F3. The lowest BCUT2D eigenvalue weighted by atomic mass is 10.2. The molecule has 216 valence electrons. The summed E-state index contributed by atoms with van der Waals surface area (Å²) in [6, 6.07) is 33.6. The zero-order valence-corrected chi connectivity index (χ0v) is 26.9. The van der Waals surface area contributed by atoms with Gasteiger partial charge >= 0.3 is 5.38 Å². The molecule has 4 rings (SSSR count). The second-order valence-electron chi connectivity index (χ2n) is 7.46. The van der Waals surface area contributed by atoms with Crippen molar-refractivity contribution < 1.29 is 13.2 Å². The quantitative estimate of drug-likeness (QED) is 0.180. The molecule has 12 heteroatoms. The molecule has 40 heavy (non-hydrogen) atoms. The SMILES string of the molecule is ClC(Cl)(Cl)c1ccccc1.ClC(Cl)(Cl)c1ccccc1.FC(Cl)(Cl)c1ccccc1.FC(F)(Cl)c1ccccc1. The van der Waals surface area contributed by atoms with E-state index in [0.29, 0.717) is 11.1 Å². The summed E-state index contributed by atoms with van der Waals surface area (Å²) in [6.45, 7) is 0. The smallest absolute Gasteiger partial charge is 0.203 e. The summed E-state index contributed by atoms with van der Waals surface area (Å²) in [5.41, 5.74) is 1.48. The molecule has 0 unspecified atom stereocenters. The Morgan fingerprint density at radius 2 is 0.550 bits per heavy atom. The van der Waals surface area contributed by atoms with Gasteiger partial charge in [-0.2, -0.15) is 8.78 Å². The maximum absolute atomic E-state index is 12.7. The fourth-order valence-corrected chi connectivity index (χ4v) is 3.64. The Balaban J connectivity index is 0.000000267. The molecule has 0 fully saturated rings. The molecule has 4 aromatic rings. The van der Waals surface area contributed by atoms with Crippen LogP contribution in [0.4, 0.5) is 13.2 Å². The molecule has 0 bridgehead atoms. The molecular weight excluding hydrogens is 712 g/mol. The summed E-state index contributed by atoms with van der Waals surface area (Å²) in [5, 5.41) is -3.23. The lowest BCUT2D eigenvalue weighted by molar-refractivity contribution is 0.0951. The van der Waals surface area contributed by atoms with Gasteiger partial charge in [0, 0.05) is 22.3 Å². The second-order valence-corrected chi connectivity index (χ2v) is 13.7. The zero-order chi connectivity index (χ0) is 30.5. The van der Waals surface area contributed by atoms with Crippen molar-refractivity contribution in [3.63, 3.8) is 0 Å². The summed E-state index contributed by atoms with van der Waals surface area (Å²) < 4.78 is 32.2. The highest BCUT2D eigenvalue weighted by atomic mass is 35.6. The molecule has 0 saturated carbocycles. The van der Waals surface area contributed by atoms with E-state index in [1.165, 1.54) is 36.4 Å². The molecule has 0 spiro atoms. The van der Waals surface area contributed by atoms with Gasteiger partial charge in [-0.25, -0.2) is 4.39 Å². The third-order valence-electron chi connectivity index (χ3n) is 4.40. The average molecular weight is 733 g/mol. The molecule has 0 aliphatic rings. The van der Waals surface area contributed by atoms with Gasteiger partial charge in [0.1, 0.15) is 0 Å². The molecule has 4 aromatic carbocycles. The zero-order valence-electron chi connectivity index (χ0n) is 20.1. The van der Waals surface area contributed by atoms with Crippen LogP contribution in [0.25, 0.3) is 0 Å². The summed E-state index contributed by atoms with van der Waals surface area (Å²) >= 11 is 48.6. The van der Waals surface area contributed by atoms with E-state index in [0.717, 1.165) is 0 Å². The maximum atomic E-state index is 12.7. The van der Waals surface area contributed by atoms with Crippen molar-refractivity contribution in [3.8, 4) is 0 Å². The highest BCUT2D eigenvalue weighted by Gasteiger charge is 2.27. The van der Waals surface area contributed by atoms with Crippen molar-refractivity contribution in [1.82, 2.24) is 0 Å². The van der Waals surface area contributed by atoms with Crippen LogP contribution in [0.1, 0.15) is 22.3 Å². The van der Waals surface area contributed by atoms with Crippen molar-refractivity contribution in [1.29, 1.82) is 0 Å². The number of hydrogen-bond donors (Lipinski definition) is 0. The Hall–Kier alpha value is -0.720. The molecule has 0 atom stereocenters. The molecule has 0 heterocycles. The summed E-state index contributed by atoms with van der Waals surface area (Å²) in [6.07, 6.45) is 0. The molecule has 0 aromatic heterocycles. The first-order valence-electron chi connectivity index (χ1n) is 10.9. The van der Waals surface area contributed by atoms with Crippen LogP contribution in [0.5, 0.6) is 0 Å². The fourth-order valence-electron chi connectivity index (χ4n) is 2.51. The van der Waals surface area contributed by atoms with Gasteiger partial charge in [0.25, 0.3) is 4.59 Å². The minimum Gasteiger partial charge on any atom is -0.203 e. The number of hydrogen-bond acceptors (Lipinski definition) is 0. The van der Waals surface area contributed by atoms with Crippen LogP contribution in [0.3, 0.4) is 0 Å². The standard InChI is InChI=1S/2C7H5Cl3.C7H5Cl2F.C7H5ClF2/c4*8-7(9,10)6-4-2-1-3-5-6/h4*1-5H. The lowest BCUT2D eigenvalue weighted by Crippen LogP contribution is -2.01. The molecule has 0 amide bonds. The number of halogens is 12. The van der Waals surface area contributed by atoms with E-state index in [9.17, 15) is 13.2 Å². The van der Waals surface area contributed by atoms with Gasteiger partial charge in [-0.3, -0.25) is 0 Å². The average Bonchev–Trinajstić information content (AvgIpc) is 2.90. The Bertz CT molecular complexity index is 1010. The predicted molar refractivity (Wildman–Crippen MR) is 168 cm³/mol. The number of benzene rings is 4. The largest absolute Gasteiger partial charge is 0.348 e. The van der Waals surface area contributed by atoms with Crippen LogP contribution in [-0.2, 0) is 17.6 Å². The Morgan fingerprint density at radius 1 is 0.325 bits per heavy atom. The normalized spacial score (nSPS) is 11.5. The van der Waals surface area contributed by atoms with Crippen LogP contribution in [0.2, 0.25) is 0 Å². The Kier molecular flexibility index (Phi) is 16.2. The van der Waals surface area contributed by atoms with Crippen LogP contribution in [0.15, 0.2) is 121 Å². The monoisotopic (exact) mass is 728 g/mol. The van der Waals surface area contributed by atoms with Crippen molar-refractivity contribution >= 4 is 104 Å². The van der Waals surface area contributed by atoms with E-state index in [1.54, 1.807) is 48.5 Å². The maximum Gasteiger partial charge on any atom is 0.348 e. The van der Waals surface area contributed by atoms with Gasteiger partial charge in [-0.1, -0.05) is 214 Å². The van der Waals surface area contributed by atoms with Gasteiger partial charge in [0.2, 0.25) is 7.59 Å². The molecule has 0 aliphatic heterocycles. The van der Waals surface area contributed by atoms with Crippen molar-refractivity contribution in [2.24, 2.45) is 0 Å². The highest BCUT2D eigenvalue weighted by Crippen LogP contribution is 2.38. The van der Waals surface area contributed by atoms with Crippen LogP contribution >= 0.6 is 104 Å². The van der Waals surface area contributed by atoms with E-state index in [2.05, 4.69) is 0 Å². The highest BCUT2D eigenvalue weighted by molar-refractivity contribution is 6.67. The Labute approximate surface area is 276 Å². The van der Waals surface area contributed by atoms with Gasteiger partial charge < -0.3 is 0 Å². The van der Waals surface area contributed by atoms with Gasteiger partial charge in [0.05, 0.1) is 0 Å². The van der Waals surface area contributed by atoms with Gasteiger partial charge in [-0.15, -0.1) is 0 Å². The van der Waals surface area contributed by atoms with Gasteiger partial charge in [0.15, 0.2) is 0 Å². The van der Waals surface area contributed by atoms with Crippen LogP contribution in [-0.4, -0.2) is 0 Å². The summed E-state index contributed by atoms with van der Waals surface area (Å²) in [4.78, 5) is 0. The van der Waals surface area contributed by atoms with Gasteiger partial charge in [-0.05, 0) is 11.6 Å². The minimum absolute atomic E-state index is 0.170. The van der Waals surface area contributed by atoms with Crippen molar-refractivity contribution in [2.45, 2.75) is 17.6 Å². The van der Waals surface area contributed by atoms with E-state index in [4.69, 9.17) is 104 Å². The number of rotatable bonds is 2. The summed E-state index contributed by atoms with van der Waals surface area (Å²) in [5.74, 6) is 0. The first kappa shape index (κ1) is 37.3. The topological polar surface area (TPSA) is 0 Å². The molecule has 0 aliphatic carbocycles. The predicted octanol–water partition coefficient (Wildman–Crippen LogP) is 13.2. The lowest BCUT2D eigenvalue weighted by Gasteiger charge is -2.09. The number of alkyl halides is 12. The fraction of sp³-hybridized carbons (Fsp3) is 0.143. The first-order valence-corrected chi connectivity index (χ1v) is 14.3. The van der Waals surface area contributed by atoms with E-state index < -0.39 is 17.6 Å². The van der Waals surface area contributed by atoms with Crippen LogP contribution in [0, 0.1) is 0 Å². The van der Waals surface area contributed by atoms with Crippen molar-refractivity contribution in [3.05, 3.63) is 144 Å². The molecule has 0 nitrogen and oxygen atoms in total. The summed E-state index contributed by atoms with van der Waals surface area (Å²) in [7, 11) is 0. The van der Waals surface area contributed by atoms with E-state index in [-0.39, 0.29) is 11.1 Å². The van der Waals surface area contributed by atoms with E-state index >= 15 is 0 Å².